The molecule has 0 unspecified atom stereocenters. The van der Waals surface area contributed by atoms with Crippen molar-refractivity contribution in [2.24, 2.45) is 0 Å². The number of hydrogen-bond donors (Lipinski definition) is 0. The van der Waals surface area contributed by atoms with Crippen LogP contribution in [0.2, 0.25) is 0 Å². The molecule has 20 heavy (non-hydrogen) atoms. The van der Waals surface area contributed by atoms with Crippen molar-refractivity contribution in [1.82, 2.24) is 25.3 Å². The summed E-state index contributed by atoms with van der Waals surface area (Å²) in [4.78, 5) is 12.4. The largest absolute Gasteiger partial charge is 0.481 e. The molecule has 8 nitrogen and oxygen atoms in total. The second-order valence-corrected chi connectivity index (χ2v) is 4.01. The Labute approximate surface area is 113 Å². The number of rotatable bonds is 4. The zero-order chi connectivity index (χ0) is 13.9. The number of nitrogens with zero attached hydrogens (tertiary/aromatic N) is 5. The molecule has 0 radical (unpaired) electrons. The predicted octanol–water partition coefficient (Wildman–Crippen LogP) is 1.42. The number of hydrogen-bond acceptors (Lipinski definition) is 8. The quantitative estimate of drug-likeness (QED) is 0.703. The number of methoxy groups -OCH3 is 1. The molecule has 3 aromatic heterocycles. The van der Waals surface area contributed by atoms with Gasteiger partial charge >= 0.3 is 0 Å². The summed E-state index contributed by atoms with van der Waals surface area (Å²) in [5, 5.41) is 7.65. The van der Waals surface area contributed by atoms with E-state index in [2.05, 4.69) is 25.3 Å². The lowest BCUT2D eigenvalue weighted by Gasteiger charge is -1.97. The highest BCUT2D eigenvalue weighted by molar-refractivity contribution is 5.51. The Kier molecular flexibility index (Phi) is 3.12. The molecule has 8 heteroatoms. The van der Waals surface area contributed by atoms with E-state index >= 15 is 0 Å². The van der Waals surface area contributed by atoms with E-state index in [-0.39, 0.29) is 0 Å². The monoisotopic (exact) mass is 273 g/mol. The zero-order valence-corrected chi connectivity index (χ0v) is 10.9. The average Bonchev–Trinajstić information content (AvgIpc) is 3.09. The molecule has 0 aliphatic heterocycles. The van der Waals surface area contributed by atoms with Crippen molar-refractivity contribution in [2.45, 2.75) is 13.3 Å². The average molecular weight is 273 g/mol. The lowest BCUT2D eigenvalue weighted by Crippen LogP contribution is -1.93. The fraction of sp³-hybridized carbons (Fsp3) is 0.250. The van der Waals surface area contributed by atoms with Crippen molar-refractivity contribution < 1.29 is 13.8 Å². The van der Waals surface area contributed by atoms with Crippen molar-refractivity contribution in [1.29, 1.82) is 0 Å². The second-order valence-electron chi connectivity index (χ2n) is 4.01. The summed E-state index contributed by atoms with van der Waals surface area (Å²) in [5.41, 5.74) is 0.717. The van der Waals surface area contributed by atoms with Crippen LogP contribution < -0.4 is 4.74 Å². The standard InChI is InChI=1S/C12H11N5O3/c1-7-14-9(16-19-7)5-10-15-12(20-17-10)8-3-4-11(18-2)13-6-8/h3-4,6H,5H2,1-2H3. The van der Waals surface area contributed by atoms with Gasteiger partial charge in [-0.05, 0) is 6.07 Å². The topological polar surface area (TPSA) is 100.0 Å². The summed E-state index contributed by atoms with van der Waals surface area (Å²) in [5.74, 6) is 2.41. The Morgan fingerprint density at radius 3 is 2.55 bits per heavy atom. The van der Waals surface area contributed by atoms with Gasteiger partial charge in [0.25, 0.3) is 5.89 Å². The van der Waals surface area contributed by atoms with Crippen molar-refractivity contribution >= 4 is 0 Å². The smallest absolute Gasteiger partial charge is 0.259 e. The minimum Gasteiger partial charge on any atom is -0.481 e. The Morgan fingerprint density at radius 2 is 1.90 bits per heavy atom. The molecule has 0 aliphatic carbocycles. The maximum Gasteiger partial charge on any atom is 0.259 e. The van der Waals surface area contributed by atoms with E-state index in [1.165, 1.54) is 0 Å². The van der Waals surface area contributed by atoms with Gasteiger partial charge < -0.3 is 13.8 Å². The molecule has 0 N–H and O–H groups in total. The van der Waals surface area contributed by atoms with Gasteiger partial charge in [0.2, 0.25) is 11.8 Å². The molecule has 0 aromatic carbocycles. The van der Waals surface area contributed by atoms with Crippen LogP contribution >= 0.6 is 0 Å². The number of ether oxygens (including phenoxy) is 1. The molecule has 0 saturated carbocycles. The Morgan fingerprint density at radius 1 is 1.10 bits per heavy atom. The summed E-state index contributed by atoms with van der Waals surface area (Å²) in [7, 11) is 1.56. The maximum absolute atomic E-state index is 5.18. The van der Waals surface area contributed by atoms with Gasteiger partial charge in [-0.2, -0.15) is 9.97 Å². The summed E-state index contributed by atoms with van der Waals surface area (Å²) in [6.45, 7) is 1.72. The third-order valence-electron chi connectivity index (χ3n) is 2.55. The molecule has 0 atom stereocenters. The zero-order valence-electron chi connectivity index (χ0n) is 10.9. The van der Waals surface area contributed by atoms with E-state index in [0.29, 0.717) is 41.3 Å². The molecule has 0 saturated heterocycles. The molecule has 0 aliphatic rings. The third kappa shape index (κ3) is 2.48. The van der Waals surface area contributed by atoms with E-state index in [4.69, 9.17) is 13.8 Å². The molecular formula is C12H11N5O3. The summed E-state index contributed by atoms with van der Waals surface area (Å²) in [6, 6.07) is 3.52. The number of aromatic nitrogens is 5. The highest BCUT2D eigenvalue weighted by Crippen LogP contribution is 2.18. The van der Waals surface area contributed by atoms with Gasteiger partial charge in [-0.3, -0.25) is 0 Å². The fourth-order valence-corrected chi connectivity index (χ4v) is 1.63. The van der Waals surface area contributed by atoms with Gasteiger partial charge in [0, 0.05) is 19.2 Å². The van der Waals surface area contributed by atoms with Crippen LogP contribution in [0.3, 0.4) is 0 Å². The van der Waals surface area contributed by atoms with E-state index < -0.39 is 0 Å². The lowest BCUT2D eigenvalue weighted by atomic mass is 10.3. The first-order valence-corrected chi connectivity index (χ1v) is 5.87. The van der Waals surface area contributed by atoms with E-state index in [9.17, 15) is 0 Å². The Hall–Kier alpha value is -2.77. The van der Waals surface area contributed by atoms with Crippen molar-refractivity contribution in [3.63, 3.8) is 0 Å². The minimum atomic E-state index is 0.352. The van der Waals surface area contributed by atoms with E-state index in [1.807, 2.05) is 0 Å². The highest BCUT2D eigenvalue weighted by atomic mass is 16.5. The van der Waals surface area contributed by atoms with Crippen LogP contribution in [-0.4, -0.2) is 32.4 Å². The first-order valence-electron chi connectivity index (χ1n) is 5.87. The van der Waals surface area contributed by atoms with Crippen molar-refractivity contribution in [3.8, 4) is 17.3 Å². The first kappa shape index (κ1) is 12.3. The Balaban J connectivity index is 1.78. The van der Waals surface area contributed by atoms with E-state index in [0.717, 1.165) is 0 Å². The maximum atomic E-state index is 5.18. The molecule has 3 rings (SSSR count). The molecule has 0 spiro atoms. The normalized spacial score (nSPS) is 10.7. The predicted molar refractivity (Wildman–Crippen MR) is 65.9 cm³/mol. The summed E-state index contributed by atoms with van der Waals surface area (Å²) >= 11 is 0. The van der Waals surface area contributed by atoms with Crippen molar-refractivity contribution in [2.75, 3.05) is 7.11 Å². The van der Waals surface area contributed by atoms with Crippen LogP contribution in [0.5, 0.6) is 5.88 Å². The van der Waals surface area contributed by atoms with Crippen LogP contribution in [0.25, 0.3) is 11.5 Å². The molecule has 3 heterocycles. The van der Waals surface area contributed by atoms with Gasteiger partial charge in [0.1, 0.15) is 0 Å². The second kappa shape index (κ2) is 5.08. The van der Waals surface area contributed by atoms with Gasteiger partial charge in [-0.25, -0.2) is 4.98 Å². The summed E-state index contributed by atoms with van der Waals surface area (Å²) in [6.07, 6.45) is 1.96. The van der Waals surface area contributed by atoms with Gasteiger partial charge in [-0.15, -0.1) is 0 Å². The molecule has 0 fully saturated rings. The van der Waals surface area contributed by atoms with Gasteiger partial charge in [-0.1, -0.05) is 10.3 Å². The SMILES string of the molecule is COc1ccc(-c2nc(Cc3noc(C)n3)no2)cn1. The van der Waals surface area contributed by atoms with E-state index in [1.54, 1.807) is 32.4 Å². The summed E-state index contributed by atoms with van der Waals surface area (Å²) < 4.78 is 15.0. The first-order chi connectivity index (χ1) is 9.74. The third-order valence-corrected chi connectivity index (χ3v) is 2.55. The fourth-order valence-electron chi connectivity index (χ4n) is 1.63. The van der Waals surface area contributed by atoms with Crippen LogP contribution in [0.1, 0.15) is 17.5 Å². The lowest BCUT2D eigenvalue weighted by molar-refractivity contribution is 0.387. The highest BCUT2D eigenvalue weighted by Gasteiger charge is 2.12. The van der Waals surface area contributed by atoms with Crippen LogP contribution in [-0.2, 0) is 6.42 Å². The van der Waals surface area contributed by atoms with Crippen LogP contribution in [0, 0.1) is 6.92 Å². The van der Waals surface area contributed by atoms with Gasteiger partial charge in [0.15, 0.2) is 11.6 Å². The minimum absolute atomic E-state index is 0.352. The number of pyridine rings is 1. The Bertz CT molecular complexity index is 704. The van der Waals surface area contributed by atoms with Crippen LogP contribution in [0.15, 0.2) is 27.4 Å². The van der Waals surface area contributed by atoms with Gasteiger partial charge in [0.05, 0.1) is 19.1 Å². The molecule has 0 bridgehead atoms. The van der Waals surface area contributed by atoms with Crippen LogP contribution in [0.4, 0.5) is 0 Å². The number of aryl methyl sites for hydroxylation is 1. The molecule has 3 aromatic rings. The molecule has 0 amide bonds. The van der Waals surface area contributed by atoms with Crippen molar-refractivity contribution in [3.05, 3.63) is 35.9 Å². The molecule has 102 valence electrons. The molecular weight excluding hydrogens is 262 g/mol.